The molecule has 0 saturated carbocycles. The molecule has 49 heavy (non-hydrogen) atoms. The summed E-state index contributed by atoms with van der Waals surface area (Å²) in [6.07, 6.45) is 49.0. The van der Waals surface area contributed by atoms with Crippen molar-refractivity contribution in [3.05, 3.63) is 36.5 Å². The third-order valence-corrected chi connectivity index (χ3v) is 9.73. The smallest absolute Gasteiger partial charge is 0.249 e. The third-order valence-electron chi connectivity index (χ3n) is 9.73. The Labute approximate surface area is 304 Å². The third kappa shape index (κ3) is 34.8. The number of carbonyl (C=O) groups excluding carboxylic acids is 1. The van der Waals surface area contributed by atoms with E-state index in [1.165, 1.54) is 154 Å². The zero-order chi connectivity index (χ0) is 35.9. The molecule has 0 fully saturated rings. The number of allylic oxidation sites excluding steroid dienone is 5. The van der Waals surface area contributed by atoms with Gasteiger partial charge in [-0.3, -0.25) is 4.79 Å². The molecule has 0 radical (unpaired) electrons. The summed E-state index contributed by atoms with van der Waals surface area (Å²) in [6, 6.07) is -0.796. The van der Waals surface area contributed by atoms with Crippen molar-refractivity contribution in [3.63, 3.8) is 0 Å². The van der Waals surface area contributed by atoms with Crippen molar-refractivity contribution < 1.29 is 20.1 Å². The molecule has 4 N–H and O–H groups in total. The molecule has 0 saturated heterocycles. The summed E-state index contributed by atoms with van der Waals surface area (Å²) in [5.74, 6) is -0.509. The first-order chi connectivity index (χ1) is 24.1. The van der Waals surface area contributed by atoms with Gasteiger partial charge in [0, 0.05) is 0 Å². The molecule has 0 rings (SSSR count). The number of nitrogens with one attached hydrogen (secondary N) is 1. The molecular weight excluding hydrogens is 606 g/mol. The Morgan fingerprint density at radius 2 is 0.878 bits per heavy atom. The summed E-state index contributed by atoms with van der Waals surface area (Å²) in [5.41, 5.74) is 0. The Morgan fingerprint density at radius 1 is 0.510 bits per heavy atom. The van der Waals surface area contributed by atoms with Crippen molar-refractivity contribution in [1.29, 1.82) is 0 Å². The summed E-state index contributed by atoms with van der Waals surface area (Å²) in [7, 11) is 0. The minimum absolute atomic E-state index is 0.365. The highest BCUT2D eigenvalue weighted by atomic mass is 16.3. The molecule has 3 atom stereocenters. The Balaban J connectivity index is 3.60. The van der Waals surface area contributed by atoms with E-state index in [2.05, 4.69) is 43.5 Å². The van der Waals surface area contributed by atoms with Gasteiger partial charge in [-0.15, -0.1) is 0 Å². The van der Waals surface area contributed by atoms with Crippen LogP contribution in [0.15, 0.2) is 36.5 Å². The van der Waals surface area contributed by atoms with Gasteiger partial charge in [0.25, 0.3) is 0 Å². The van der Waals surface area contributed by atoms with E-state index in [0.717, 1.165) is 38.5 Å². The van der Waals surface area contributed by atoms with Gasteiger partial charge in [0.1, 0.15) is 6.10 Å². The largest absolute Gasteiger partial charge is 0.394 e. The maximum Gasteiger partial charge on any atom is 0.249 e. The molecule has 0 aromatic rings. The minimum atomic E-state index is -1.10. The predicted molar refractivity (Wildman–Crippen MR) is 213 cm³/mol. The standard InChI is InChI=1S/C44H83NO4/c1-3-5-7-9-11-13-14-15-16-17-18-19-20-21-22-23-24-25-26-27-28-29-31-33-35-37-39-43(48)44(49)45-41(40-46)42(47)38-36-34-32-30-12-10-8-6-4-2/h18-19,21-22,36,38,41-43,46-48H,3-17,20,23-35,37,39-40H2,1-2H3,(H,45,49)/b19-18-,22-21-,38-36+. The minimum Gasteiger partial charge on any atom is -0.394 e. The summed E-state index contributed by atoms with van der Waals surface area (Å²) < 4.78 is 0. The molecule has 0 aliphatic carbocycles. The van der Waals surface area contributed by atoms with E-state index in [9.17, 15) is 20.1 Å². The lowest BCUT2D eigenvalue weighted by molar-refractivity contribution is -0.131. The number of hydrogen-bond donors (Lipinski definition) is 4. The number of unbranched alkanes of at least 4 members (excludes halogenated alkanes) is 26. The number of aliphatic hydroxyl groups is 3. The van der Waals surface area contributed by atoms with E-state index < -0.39 is 24.2 Å². The van der Waals surface area contributed by atoms with Crippen LogP contribution in [-0.4, -0.2) is 46.1 Å². The predicted octanol–water partition coefficient (Wildman–Crippen LogP) is 12.0. The molecule has 0 heterocycles. The van der Waals surface area contributed by atoms with Gasteiger partial charge in [-0.05, 0) is 51.4 Å². The molecule has 0 bridgehead atoms. The van der Waals surface area contributed by atoms with E-state index in [4.69, 9.17) is 0 Å². The fraction of sp³-hybridized carbons (Fsp3) is 0.841. The topological polar surface area (TPSA) is 89.8 Å². The lowest BCUT2D eigenvalue weighted by atomic mass is 10.0. The second kappa shape index (κ2) is 39.4. The van der Waals surface area contributed by atoms with Gasteiger partial charge < -0.3 is 20.6 Å². The highest BCUT2D eigenvalue weighted by Gasteiger charge is 2.22. The van der Waals surface area contributed by atoms with Crippen molar-refractivity contribution in [2.24, 2.45) is 0 Å². The summed E-state index contributed by atoms with van der Waals surface area (Å²) >= 11 is 0. The van der Waals surface area contributed by atoms with Gasteiger partial charge in [0.05, 0.1) is 18.8 Å². The fourth-order valence-corrected chi connectivity index (χ4v) is 6.33. The molecule has 0 aromatic heterocycles. The van der Waals surface area contributed by atoms with E-state index >= 15 is 0 Å². The van der Waals surface area contributed by atoms with Crippen LogP contribution < -0.4 is 5.32 Å². The van der Waals surface area contributed by atoms with Gasteiger partial charge in [-0.1, -0.05) is 198 Å². The van der Waals surface area contributed by atoms with Gasteiger partial charge in [0.15, 0.2) is 0 Å². The average molecular weight is 690 g/mol. The Bertz CT molecular complexity index is 764. The second-order valence-corrected chi connectivity index (χ2v) is 14.6. The van der Waals surface area contributed by atoms with Crippen LogP contribution in [0.1, 0.15) is 213 Å². The Kier molecular flexibility index (Phi) is 38.2. The van der Waals surface area contributed by atoms with E-state index in [-0.39, 0.29) is 6.61 Å². The number of aliphatic hydroxyl groups excluding tert-OH is 3. The van der Waals surface area contributed by atoms with Crippen molar-refractivity contribution in [3.8, 4) is 0 Å². The van der Waals surface area contributed by atoms with Crippen molar-refractivity contribution in [2.75, 3.05) is 6.61 Å². The van der Waals surface area contributed by atoms with Crippen LogP contribution >= 0.6 is 0 Å². The quantitative estimate of drug-likeness (QED) is 0.0384. The molecular formula is C44H83NO4. The molecule has 3 unspecified atom stereocenters. The zero-order valence-corrected chi connectivity index (χ0v) is 32.6. The molecule has 5 nitrogen and oxygen atoms in total. The van der Waals surface area contributed by atoms with Crippen LogP contribution in [-0.2, 0) is 4.79 Å². The summed E-state index contributed by atoms with van der Waals surface area (Å²) in [6.45, 7) is 4.14. The van der Waals surface area contributed by atoms with Crippen molar-refractivity contribution >= 4 is 5.91 Å². The number of rotatable bonds is 38. The van der Waals surface area contributed by atoms with E-state index in [1.807, 2.05) is 6.08 Å². The van der Waals surface area contributed by atoms with Crippen LogP contribution in [0.3, 0.4) is 0 Å². The van der Waals surface area contributed by atoms with Crippen LogP contribution in [0.2, 0.25) is 0 Å². The number of hydrogen-bond acceptors (Lipinski definition) is 4. The summed E-state index contributed by atoms with van der Waals surface area (Å²) in [4.78, 5) is 12.4. The van der Waals surface area contributed by atoms with Crippen molar-refractivity contribution in [1.82, 2.24) is 5.32 Å². The van der Waals surface area contributed by atoms with Crippen LogP contribution in [0.5, 0.6) is 0 Å². The van der Waals surface area contributed by atoms with Gasteiger partial charge in [-0.2, -0.15) is 0 Å². The van der Waals surface area contributed by atoms with Crippen LogP contribution in [0, 0.1) is 0 Å². The fourth-order valence-electron chi connectivity index (χ4n) is 6.33. The molecule has 288 valence electrons. The molecule has 0 aliphatic rings. The van der Waals surface area contributed by atoms with E-state index in [0.29, 0.717) is 6.42 Å². The van der Waals surface area contributed by atoms with Gasteiger partial charge >= 0.3 is 0 Å². The van der Waals surface area contributed by atoms with E-state index in [1.54, 1.807) is 6.08 Å². The average Bonchev–Trinajstić information content (AvgIpc) is 3.11. The van der Waals surface area contributed by atoms with Crippen LogP contribution in [0.4, 0.5) is 0 Å². The molecule has 0 aromatic carbocycles. The van der Waals surface area contributed by atoms with Crippen LogP contribution in [0.25, 0.3) is 0 Å². The maximum absolute atomic E-state index is 12.4. The van der Waals surface area contributed by atoms with Gasteiger partial charge in [-0.25, -0.2) is 0 Å². The lowest BCUT2D eigenvalue weighted by Crippen LogP contribution is -2.48. The second-order valence-electron chi connectivity index (χ2n) is 14.6. The molecule has 0 spiro atoms. The molecule has 1 amide bonds. The number of amides is 1. The monoisotopic (exact) mass is 690 g/mol. The highest BCUT2D eigenvalue weighted by Crippen LogP contribution is 2.14. The molecule has 0 aliphatic heterocycles. The first-order valence-electron chi connectivity index (χ1n) is 21.3. The lowest BCUT2D eigenvalue weighted by Gasteiger charge is -2.21. The SMILES string of the molecule is CCCCCCCCC/C=C/C(O)C(CO)NC(=O)C(O)CCCCCCCCCCCC/C=C\C/C=C\CCCCCCCCCCC. The highest BCUT2D eigenvalue weighted by molar-refractivity contribution is 5.80. The number of carbonyl (C=O) groups is 1. The van der Waals surface area contributed by atoms with Gasteiger partial charge in [0.2, 0.25) is 5.91 Å². The normalized spacial score (nSPS) is 14.0. The van der Waals surface area contributed by atoms with Crippen molar-refractivity contribution in [2.45, 2.75) is 231 Å². The first-order valence-corrected chi connectivity index (χ1v) is 21.3. The maximum atomic E-state index is 12.4. The Hall–Kier alpha value is -1.43. The zero-order valence-electron chi connectivity index (χ0n) is 32.6. The molecule has 5 heteroatoms. The summed E-state index contributed by atoms with van der Waals surface area (Å²) in [5, 5.41) is 32.9. The first kappa shape index (κ1) is 47.6. The Morgan fingerprint density at radius 3 is 1.29 bits per heavy atom.